The van der Waals surface area contributed by atoms with Crippen LogP contribution in [0.5, 0.6) is 0 Å². The number of aryl methyl sites for hydroxylation is 2. The van der Waals surface area contributed by atoms with Crippen molar-refractivity contribution in [1.29, 1.82) is 0 Å². The van der Waals surface area contributed by atoms with Gasteiger partial charge < -0.3 is 15.0 Å². The van der Waals surface area contributed by atoms with Crippen molar-refractivity contribution in [3.05, 3.63) is 40.3 Å². The molecule has 1 fully saturated rings. The van der Waals surface area contributed by atoms with Crippen molar-refractivity contribution < 1.29 is 9.72 Å². The first-order valence-corrected chi connectivity index (χ1v) is 8.17. The molecule has 10 nitrogen and oxygen atoms in total. The molecule has 0 aliphatic carbocycles. The maximum atomic E-state index is 12.3. The molecular formula is C15H21N7O3. The summed E-state index contributed by atoms with van der Waals surface area (Å²) in [5.74, 6) is -0.143. The standard InChI is InChI=1S/C15H21N7O3/c1-18-11-13(10-16-18)12-19-6-8-20(9-7-19)15(23)3-5-21-4-2-14(17-21)22(24)25/h2,4,10-11H,3,5-9,12H2,1H3. The quantitative estimate of drug-likeness (QED) is 0.549. The van der Waals surface area contributed by atoms with Crippen LogP contribution in [-0.2, 0) is 24.9 Å². The predicted molar refractivity (Wildman–Crippen MR) is 88.6 cm³/mol. The molecule has 1 aliphatic rings. The van der Waals surface area contributed by atoms with Crippen LogP contribution in [0, 0.1) is 10.1 Å². The number of piperazine rings is 1. The van der Waals surface area contributed by atoms with Crippen molar-refractivity contribution in [2.24, 2.45) is 7.05 Å². The highest BCUT2D eigenvalue weighted by molar-refractivity contribution is 5.76. The van der Waals surface area contributed by atoms with Crippen molar-refractivity contribution in [2.45, 2.75) is 19.5 Å². The first-order valence-electron chi connectivity index (χ1n) is 8.17. The maximum absolute atomic E-state index is 12.3. The second kappa shape index (κ2) is 7.43. The molecule has 10 heteroatoms. The van der Waals surface area contributed by atoms with E-state index in [1.54, 1.807) is 4.68 Å². The van der Waals surface area contributed by atoms with Gasteiger partial charge in [-0.2, -0.15) is 9.78 Å². The molecule has 0 aromatic carbocycles. The first-order chi connectivity index (χ1) is 12.0. The molecule has 2 aromatic heterocycles. The molecule has 0 unspecified atom stereocenters. The Morgan fingerprint density at radius 1 is 1.32 bits per heavy atom. The molecule has 1 aliphatic heterocycles. The van der Waals surface area contributed by atoms with E-state index in [4.69, 9.17) is 0 Å². The van der Waals surface area contributed by atoms with Gasteiger partial charge in [-0.05, 0) is 4.92 Å². The van der Waals surface area contributed by atoms with E-state index in [2.05, 4.69) is 15.1 Å². The van der Waals surface area contributed by atoms with E-state index < -0.39 is 4.92 Å². The minimum atomic E-state index is -0.542. The summed E-state index contributed by atoms with van der Waals surface area (Å²) >= 11 is 0. The molecule has 134 valence electrons. The number of aromatic nitrogens is 4. The monoisotopic (exact) mass is 347 g/mol. The lowest BCUT2D eigenvalue weighted by Crippen LogP contribution is -2.48. The third kappa shape index (κ3) is 4.41. The molecule has 2 aromatic rings. The minimum Gasteiger partial charge on any atom is -0.358 e. The van der Waals surface area contributed by atoms with E-state index in [1.807, 2.05) is 24.3 Å². The van der Waals surface area contributed by atoms with E-state index in [9.17, 15) is 14.9 Å². The highest BCUT2D eigenvalue weighted by atomic mass is 16.6. The molecular weight excluding hydrogens is 326 g/mol. The number of carbonyl (C=O) groups excluding carboxylic acids is 1. The van der Waals surface area contributed by atoms with Crippen LogP contribution in [0.4, 0.5) is 5.82 Å². The Hall–Kier alpha value is -2.75. The Morgan fingerprint density at radius 2 is 2.08 bits per heavy atom. The van der Waals surface area contributed by atoms with Gasteiger partial charge in [0, 0.05) is 58.0 Å². The number of hydrogen-bond acceptors (Lipinski definition) is 6. The predicted octanol–water partition coefficient (Wildman–Crippen LogP) is 0.259. The molecule has 0 bridgehead atoms. The van der Waals surface area contributed by atoms with E-state index in [0.717, 1.165) is 19.6 Å². The van der Waals surface area contributed by atoms with Crippen LogP contribution < -0.4 is 0 Å². The van der Waals surface area contributed by atoms with Crippen molar-refractivity contribution in [3.63, 3.8) is 0 Å². The van der Waals surface area contributed by atoms with Gasteiger partial charge in [-0.1, -0.05) is 0 Å². The first kappa shape index (κ1) is 17.1. The molecule has 1 amide bonds. The fourth-order valence-corrected chi connectivity index (χ4v) is 2.91. The van der Waals surface area contributed by atoms with Crippen LogP contribution in [0.3, 0.4) is 0 Å². The third-order valence-corrected chi connectivity index (χ3v) is 4.26. The van der Waals surface area contributed by atoms with E-state index in [0.29, 0.717) is 26.1 Å². The Labute approximate surface area is 144 Å². The van der Waals surface area contributed by atoms with Gasteiger partial charge in [0.15, 0.2) is 0 Å². The largest absolute Gasteiger partial charge is 0.389 e. The number of nitrogens with zero attached hydrogens (tertiary/aromatic N) is 7. The van der Waals surface area contributed by atoms with E-state index in [1.165, 1.54) is 22.5 Å². The zero-order valence-electron chi connectivity index (χ0n) is 14.1. The molecule has 0 spiro atoms. The summed E-state index contributed by atoms with van der Waals surface area (Å²) in [6.07, 6.45) is 5.68. The van der Waals surface area contributed by atoms with Gasteiger partial charge in [0.25, 0.3) is 0 Å². The molecule has 3 heterocycles. The van der Waals surface area contributed by atoms with Gasteiger partial charge in [0.05, 0.1) is 30.1 Å². The zero-order valence-corrected chi connectivity index (χ0v) is 14.1. The lowest BCUT2D eigenvalue weighted by atomic mass is 10.2. The smallest absolute Gasteiger partial charge is 0.358 e. The lowest BCUT2D eigenvalue weighted by molar-refractivity contribution is -0.389. The fraction of sp³-hybridized carbons (Fsp3) is 0.533. The SMILES string of the molecule is Cn1cc(CN2CCN(C(=O)CCn3ccc([N+](=O)[O-])n3)CC2)cn1. The van der Waals surface area contributed by atoms with E-state index in [-0.39, 0.29) is 11.7 Å². The average molecular weight is 347 g/mol. The highest BCUT2D eigenvalue weighted by Gasteiger charge is 2.21. The molecule has 0 radical (unpaired) electrons. The minimum absolute atomic E-state index is 0.0548. The van der Waals surface area contributed by atoms with Gasteiger partial charge >= 0.3 is 5.82 Å². The Morgan fingerprint density at radius 3 is 2.68 bits per heavy atom. The van der Waals surface area contributed by atoms with Crippen molar-refractivity contribution in [3.8, 4) is 0 Å². The summed E-state index contributed by atoms with van der Waals surface area (Å²) in [4.78, 5) is 26.5. The second-order valence-electron chi connectivity index (χ2n) is 6.12. The molecule has 1 saturated heterocycles. The number of hydrogen-bond donors (Lipinski definition) is 0. The Balaban J connectivity index is 1.42. The molecule has 3 rings (SSSR count). The normalized spacial score (nSPS) is 15.5. The summed E-state index contributed by atoms with van der Waals surface area (Å²) < 4.78 is 3.23. The molecule has 0 atom stereocenters. The van der Waals surface area contributed by atoms with Gasteiger partial charge in [-0.15, -0.1) is 0 Å². The summed E-state index contributed by atoms with van der Waals surface area (Å²) in [5, 5.41) is 18.6. The number of carbonyl (C=O) groups is 1. The summed E-state index contributed by atoms with van der Waals surface area (Å²) in [7, 11) is 1.90. The molecule has 0 N–H and O–H groups in total. The van der Waals surface area contributed by atoms with Gasteiger partial charge in [0.2, 0.25) is 5.91 Å². The highest BCUT2D eigenvalue weighted by Crippen LogP contribution is 2.10. The summed E-state index contributed by atoms with van der Waals surface area (Å²) in [5.41, 5.74) is 1.17. The number of nitro groups is 1. The van der Waals surface area contributed by atoms with Gasteiger partial charge in [-0.25, -0.2) is 0 Å². The summed E-state index contributed by atoms with van der Waals surface area (Å²) in [6.45, 7) is 4.23. The van der Waals surface area contributed by atoms with Crippen molar-refractivity contribution in [2.75, 3.05) is 26.2 Å². The topological polar surface area (TPSA) is 102 Å². The van der Waals surface area contributed by atoms with Crippen LogP contribution in [0.25, 0.3) is 0 Å². The van der Waals surface area contributed by atoms with Crippen LogP contribution in [-0.4, -0.2) is 66.4 Å². The zero-order chi connectivity index (χ0) is 17.8. The second-order valence-corrected chi connectivity index (χ2v) is 6.12. The van der Waals surface area contributed by atoms with Crippen LogP contribution in [0.1, 0.15) is 12.0 Å². The number of amides is 1. The Kier molecular flexibility index (Phi) is 5.08. The van der Waals surface area contributed by atoms with Gasteiger partial charge in [0.1, 0.15) is 0 Å². The van der Waals surface area contributed by atoms with E-state index >= 15 is 0 Å². The Bertz CT molecular complexity index is 746. The third-order valence-electron chi connectivity index (χ3n) is 4.26. The van der Waals surface area contributed by atoms with Gasteiger partial charge in [-0.3, -0.25) is 14.4 Å². The van der Waals surface area contributed by atoms with Crippen molar-refractivity contribution in [1.82, 2.24) is 29.4 Å². The maximum Gasteiger partial charge on any atom is 0.389 e. The lowest BCUT2D eigenvalue weighted by Gasteiger charge is -2.34. The van der Waals surface area contributed by atoms with Crippen molar-refractivity contribution >= 4 is 11.7 Å². The fourth-order valence-electron chi connectivity index (χ4n) is 2.91. The average Bonchev–Trinajstić information content (AvgIpc) is 3.22. The molecule has 25 heavy (non-hydrogen) atoms. The summed E-state index contributed by atoms with van der Waals surface area (Å²) in [6, 6.07) is 1.34. The van der Waals surface area contributed by atoms with Crippen LogP contribution in [0.15, 0.2) is 24.7 Å². The molecule has 0 saturated carbocycles. The van der Waals surface area contributed by atoms with Crippen LogP contribution in [0.2, 0.25) is 0 Å². The number of rotatable bonds is 6. The van der Waals surface area contributed by atoms with Crippen LogP contribution >= 0.6 is 0 Å².